The van der Waals surface area contributed by atoms with Crippen molar-refractivity contribution >= 4 is 27.6 Å². The Labute approximate surface area is 170 Å². The van der Waals surface area contributed by atoms with Crippen molar-refractivity contribution in [2.45, 2.75) is 24.8 Å². The zero-order valence-corrected chi connectivity index (χ0v) is 17.7. The number of esters is 1. The summed E-state index contributed by atoms with van der Waals surface area (Å²) in [4.78, 5) is 25.5. The SMILES string of the molecule is COc1ccc(NS(=O)(=O)c2cc(C(=O)O[C@H](C)C(=O)N(C)C)ccc2C)cc1. The molecule has 0 saturated heterocycles. The Hall–Kier alpha value is -3.07. The summed E-state index contributed by atoms with van der Waals surface area (Å²) >= 11 is 0. The van der Waals surface area contributed by atoms with E-state index in [4.69, 9.17) is 9.47 Å². The first-order valence-electron chi connectivity index (χ1n) is 8.75. The van der Waals surface area contributed by atoms with E-state index in [1.165, 1.54) is 37.1 Å². The summed E-state index contributed by atoms with van der Waals surface area (Å²) in [5.74, 6) is -0.566. The minimum atomic E-state index is -3.95. The Morgan fingerprint density at radius 2 is 1.69 bits per heavy atom. The van der Waals surface area contributed by atoms with Gasteiger partial charge in [0.15, 0.2) is 6.10 Å². The quantitative estimate of drug-likeness (QED) is 0.691. The van der Waals surface area contributed by atoms with Crippen LogP contribution in [0.25, 0.3) is 0 Å². The van der Waals surface area contributed by atoms with Crippen LogP contribution >= 0.6 is 0 Å². The minimum Gasteiger partial charge on any atom is -0.497 e. The lowest BCUT2D eigenvalue weighted by atomic mass is 10.1. The number of hydrogen-bond donors (Lipinski definition) is 1. The first kappa shape index (κ1) is 22.2. The van der Waals surface area contributed by atoms with E-state index in [9.17, 15) is 18.0 Å². The summed E-state index contributed by atoms with van der Waals surface area (Å²) < 4.78 is 38.3. The van der Waals surface area contributed by atoms with Crippen molar-refractivity contribution in [3.8, 4) is 5.75 Å². The van der Waals surface area contributed by atoms with E-state index in [-0.39, 0.29) is 16.4 Å². The second-order valence-electron chi connectivity index (χ2n) is 6.59. The van der Waals surface area contributed by atoms with E-state index in [0.717, 1.165) is 0 Å². The molecule has 1 N–H and O–H groups in total. The van der Waals surface area contributed by atoms with Crippen LogP contribution in [0, 0.1) is 6.92 Å². The number of hydrogen-bond acceptors (Lipinski definition) is 6. The third-order valence-electron chi connectivity index (χ3n) is 4.13. The van der Waals surface area contributed by atoms with E-state index in [1.807, 2.05) is 0 Å². The number of nitrogens with one attached hydrogen (secondary N) is 1. The molecule has 2 aromatic carbocycles. The molecule has 0 aliphatic rings. The molecule has 8 nitrogen and oxygen atoms in total. The van der Waals surface area contributed by atoms with Gasteiger partial charge in [0, 0.05) is 19.8 Å². The summed E-state index contributed by atoms with van der Waals surface area (Å²) in [5.41, 5.74) is 0.840. The maximum absolute atomic E-state index is 12.8. The molecule has 29 heavy (non-hydrogen) atoms. The van der Waals surface area contributed by atoms with Crippen LogP contribution < -0.4 is 9.46 Å². The average molecular weight is 420 g/mol. The molecule has 1 atom stereocenters. The van der Waals surface area contributed by atoms with E-state index < -0.39 is 22.1 Å². The fraction of sp³-hybridized carbons (Fsp3) is 0.300. The molecule has 156 valence electrons. The molecule has 1 amide bonds. The van der Waals surface area contributed by atoms with Gasteiger partial charge < -0.3 is 14.4 Å². The average Bonchev–Trinajstić information content (AvgIpc) is 2.67. The van der Waals surface area contributed by atoms with Crippen LogP contribution in [0.1, 0.15) is 22.8 Å². The summed E-state index contributed by atoms with van der Waals surface area (Å²) in [6.45, 7) is 3.08. The Morgan fingerprint density at radius 3 is 2.24 bits per heavy atom. The normalized spacial score (nSPS) is 12.0. The maximum atomic E-state index is 12.8. The van der Waals surface area contributed by atoms with Crippen LogP contribution in [-0.2, 0) is 19.6 Å². The molecular weight excluding hydrogens is 396 g/mol. The molecule has 2 aromatic rings. The van der Waals surface area contributed by atoms with Crippen LogP contribution in [0.15, 0.2) is 47.4 Å². The number of benzene rings is 2. The molecule has 0 radical (unpaired) electrons. The van der Waals surface area contributed by atoms with Crippen LogP contribution in [0.5, 0.6) is 5.75 Å². The Kier molecular flexibility index (Phi) is 6.86. The number of ether oxygens (including phenoxy) is 2. The molecule has 0 saturated carbocycles. The number of amides is 1. The number of likely N-dealkylation sites (N-methyl/N-ethyl adjacent to an activating group) is 1. The van der Waals surface area contributed by atoms with Gasteiger partial charge in [0.1, 0.15) is 5.75 Å². The molecule has 9 heteroatoms. The monoisotopic (exact) mass is 420 g/mol. The highest BCUT2D eigenvalue weighted by Crippen LogP contribution is 2.23. The largest absolute Gasteiger partial charge is 0.497 e. The standard InChI is InChI=1S/C20H24N2O6S/c1-13-6-7-15(20(24)28-14(2)19(23)22(3)4)12-18(13)29(25,26)21-16-8-10-17(27-5)11-9-16/h6-12,14,21H,1-5H3/t14-/m1/s1. The molecular formula is C20H24N2O6S. The second-order valence-corrected chi connectivity index (χ2v) is 8.25. The predicted octanol–water partition coefficient (Wildman–Crippen LogP) is 2.44. The second kappa shape index (κ2) is 8.95. The molecule has 0 aromatic heterocycles. The molecule has 2 rings (SSSR count). The Morgan fingerprint density at radius 1 is 1.07 bits per heavy atom. The lowest BCUT2D eigenvalue weighted by Crippen LogP contribution is -2.34. The van der Waals surface area contributed by atoms with Gasteiger partial charge in [-0.2, -0.15) is 0 Å². The van der Waals surface area contributed by atoms with Gasteiger partial charge in [0.25, 0.3) is 15.9 Å². The van der Waals surface area contributed by atoms with E-state index >= 15 is 0 Å². The van der Waals surface area contributed by atoms with Crippen molar-refractivity contribution in [2.75, 3.05) is 25.9 Å². The van der Waals surface area contributed by atoms with Crippen molar-refractivity contribution in [2.24, 2.45) is 0 Å². The molecule has 0 heterocycles. The van der Waals surface area contributed by atoms with Crippen LogP contribution in [0.4, 0.5) is 5.69 Å². The molecule has 0 spiro atoms. The van der Waals surface area contributed by atoms with Crippen molar-refractivity contribution in [1.29, 1.82) is 0 Å². The molecule has 0 aliphatic heterocycles. The number of sulfonamides is 1. The fourth-order valence-corrected chi connectivity index (χ4v) is 3.86. The highest BCUT2D eigenvalue weighted by Gasteiger charge is 2.23. The number of nitrogens with zero attached hydrogens (tertiary/aromatic N) is 1. The summed E-state index contributed by atoms with van der Waals surface area (Å²) in [5, 5.41) is 0. The van der Waals surface area contributed by atoms with E-state index in [2.05, 4.69) is 4.72 Å². The van der Waals surface area contributed by atoms with Crippen molar-refractivity contribution in [3.05, 3.63) is 53.6 Å². The number of methoxy groups -OCH3 is 1. The van der Waals surface area contributed by atoms with Gasteiger partial charge in [-0.15, -0.1) is 0 Å². The zero-order chi connectivity index (χ0) is 21.8. The van der Waals surface area contributed by atoms with Crippen LogP contribution in [0.3, 0.4) is 0 Å². The van der Waals surface area contributed by atoms with E-state index in [0.29, 0.717) is 17.0 Å². The van der Waals surface area contributed by atoms with Gasteiger partial charge in [-0.1, -0.05) is 6.07 Å². The predicted molar refractivity (Wildman–Crippen MR) is 109 cm³/mol. The van der Waals surface area contributed by atoms with Gasteiger partial charge >= 0.3 is 5.97 Å². The van der Waals surface area contributed by atoms with Crippen molar-refractivity contribution < 1.29 is 27.5 Å². The van der Waals surface area contributed by atoms with Gasteiger partial charge in [0.05, 0.1) is 17.6 Å². The third kappa shape index (κ3) is 5.47. The third-order valence-corrected chi connectivity index (χ3v) is 5.65. The Balaban J connectivity index is 2.26. The number of anilines is 1. The van der Waals surface area contributed by atoms with Crippen molar-refractivity contribution in [3.63, 3.8) is 0 Å². The zero-order valence-electron chi connectivity index (χ0n) is 16.9. The number of rotatable bonds is 7. The van der Waals surface area contributed by atoms with Gasteiger partial charge in [-0.3, -0.25) is 9.52 Å². The number of aryl methyl sites for hydroxylation is 1. The number of carbonyl (C=O) groups excluding carboxylic acids is 2. The fourth-order valence-electron chi connectivity index (χ4n) is 2.53. The molecule has 0 unspecified atom stereocenters. The highest BCUT2D eigenvalue weighted by atomic mass is 32.2. The van der Waals surface area contributed by atoms with E-state index in [1.54, 1.807) is 45.3 Å². The van der Waals surface area contributed by atoms with Crippen LogP contribution in [-0.4, -0.2) is 52.5 Å². The number of carbonyl (C=O) groups is 2. The first-order valence-corrected chi connectivity index (χ1v) is 10.2. The summed E-state index contributed by atoms with van der Waals surface area (Å²) in [7, 11) is 0.662. The smallest absolute Gasteiger partial charge is 0.338 e. The van der Waals surface area contributed by atoms with Gasteiger partial charge in [0.2, 0.25) is 0 Å². The molecule has 0 aliphatic carbocycles. The van der Waals surface area contributed by atoms with Crippen molar-refractivity contribution in [1.82, 2.24) is 4.90 Å². The highest BCUT2D eigenvalue weighted by molar-refractivity contribution is 7.92. The molecule has 0 fully saturated rings. The topological polar surface area (TPSA) is 102 Å². The van der Waals surface area contributed by atoms with Gasteiger partial charge in [-0.05, 0) is 55.8 Å². The van der Waals surface area contributed by atoms with Gasteiger partial charge in [-0.25, -0.2) is 13.2 Å². The maximum Gasteiger partial charge on any atom is 0.338 e. The van der Waals surface area contributed by atoms with Crippen LogP contribution in [0.2, 0.25) is 0 Å². The lowest BCUT2D eigenvalue weighted by molar-refractivity contribution is -0.137. The molecule has 0 bridgehead atoms. The Bertz CT molecular complexity index is 1000. The lowest BCUT2D eigenvalue weighted by Gasteiger charge is -2.17. The summed E-state index contributed by atoms with van der Waals surface area (Å²) in [6, 6.07) is 10.6. The summed E-state index contributed by atoms with van der Waals surface area (Å²) in [6.07, 6.45) is -0.990. The first-order chi connectivity index (χ1) is 13.5. The minimum absolute atomic E-state index is 0.0316.